The lowest BCUT2D eigenvalue weighted by atomic mass is 10.0. The van der Waals surface area contributed by atoms with E-state index in [1.54, 1.807) is 23.3 Å². The maximum absolute atomic E-state index is 15.0. The molecule has 1 aliphatic heterocycles. The fourth-order valence-electron chi connectivity index (χ4n) is 4.12. The number of carbonyl (C=O) groups excluding carboxylic acids is 1. The van der Waals surface area contributed by atoms with Crippen molar-refractivity contribution >= 4 is 35.5 Å². The highest BCUT2D eigenvalue weighted by atomic mass is 35.5. The Morgan fingerprint density at radius 2 is 1.88 bits per heavy atom. The molecule has 3 aromatic rings. The van der Waals surface area contributed by atoms with Crippen molar-refractivity contribution in [2.45, 2.75) is 45.3 Å². The zero-order valence-corrected chi connectivity index (χ0v) is 19.5. The van der Waals surface area contributed by atoms with Crippen molar-refractivity contribution in [2.24, 2.45) is 0 Å². The van der Waals surface area contributed by atoms with Gasteiger partial charge in [0.25, 0.3) is 0 Å². The summed E-state index contributed by atoms with van der Waals surface area (Å²) in [6.45, 7) is 4.55. The van der Waals surface area contributed by atoms with E-state index >= 15 is 0 Å². The molecule has 1 N–H and O–H groups in total. The third-order valence-electron chi connectivity index (χ3n) is 5.75. The summed E-state index contributed by atoms with van der Waals surface area (Å²) >= 11 is 0. The van der Waals surface area contributed by atoms with Crippen molar-refractivity contribution in [1.82, 2.24) is 19.4 Å². The third kappa shape index (κ3) is 5.11. The molecule has 0 unspecified atom stereocenters. The first-order chi connectivity index (χ1) is 15.7. The van der Waals surface area contributed by atoms with Gasteiger partial charge in [-0.05, 0) is 44.4 Å². The van der Waals surface area contributed by atoms with Gasteiger partial charge < -0.3 is 19.3 Å². The Hall–Kier alpha value is -3.27. The Balaban J connectivity index is 0.00000324. The molecule has 0 radical (unpaired) electrons. The van der Waals surface area contributed by atoms with E-state index in [4.69, 9.17) is 9.84 Å². The van der Waals surface area contributed by atoms with Crippen LogP contribution in [0, 0.1) is 11.6 Å². The topological polar surface area (TPSA) is 97.5 Å². The Labute approximate surface area is 201 Å². The van der Waals surface area contributed by atoms with Crippen LogP contribution in [0.1, 0.15) is 54.3 Å². The number of aromatic carboxylic acids is 1. The molecule has 0 saturated carbocycles. The third-order valence-corrected chi connectivity index (χ3v) is 5.75. The molecule has 1 fully saturated rings. The van der Waals surface area contributed by atoms with Crippen LogP contribution in [0.2, 0.25) is 0 Å². The van der Waals surface area contributed by atoms with Crippen LogP contribution in [0.25, 0.3) is 11.0 Å². The van der Waals surface area contributed by atoms with E-state index in [1.165, 1.54) is 24.7 Å². The number of hydrogen-bond acceptors (Lipinski definition) is 5. The zero-order valence-electron chi connectivity index (χ0n) is 18.7. The van der Waals surface area contributed by atoms with E-state index in [9.17, 15) is 18.4 Å². The quantitative estimate of drug-likeness (QED) is 0.556. The van der Waals surface area contributed by atoms with Crippen LogP contribution < -0.4 is 0 Å². The van der Waals surface area contributed by atoms with Gasteiger partial charge in [0.15, 0.2) is 5.82 Å². The summed E-state index contributed by atoms with van der Waals surface area (Å²) in [5.74, 6) is -2.43. The number of rotatable bonds is 5. The summed E-state index contributed by atoms with van der Waals surface area (Å²) in [4.78, 5) is 33.2. The standard InChI is InChI=1S/C23H24F2N4O4.ClH/c1-13(2)33-23(32)28-7-5-16(6-8-28)29-11-18(25)20-19(26-12-27-21(20)29)10-14-3-4-15(22(30)31)9-17(14)24;/h3-4,9,11-13,16H,5-8,10H2,1-2H3,(H,30,31);1H. The fourth-order valence-corrected chi connectivity index (χ4v) is 4.12. The number of nitrogens with zero attached hydrogens (tertiary/aromatic N) is 4. The number of benzene rings is 1. The minimum atomic E-state index is -1.23. The van der Waals surface area contributed by atoms with Crippen molar-refractivity contribution in [3.63, 3.8) is 0 Å². The van der Waals surface area contributed by atoms with Gasteiger partial charge in [0.05, 0.1) is 22.7 Å². The van der Waals surface area contributed by atoms with Gasteiger partial charge in [0.2, 0.25) is 0 Å². The normalized spacial score (nSPS) is 14.3. The Bertz CT molecular complexity index is 1210. The molecule has 0 aliphatic carbocycles. The number of carbonyl (C=O) groups is 2. The fraction of sp³-hybridized carbons (Fsp3) is 0.391. The van der Waals surface area contributed by atoms with Crippen LogP contribution in [-0.4, -0.2) is 55.8 Å². The lowest BCUT2D eigenvalue weighted by Gasteiger charge is -2.32. The van der Waals surface area contributed by atoms with Crippen LogP contribution in [-0.2, 0) is 11.2 Å². The predicted molar refractivity (Wildman–Crippen MR) is 122 cm³/mol. The van der Waals surface area contributed by atoms with Crippen LogP contribution >= 0.6 is 12.4 Å². The SMILES string of the molecule is CC(C)OC(=O)N1CCC(n2cc(F)c3c(Cc4ccc(C(=O)O)cc4F)ncnc32)CC1.Cl. The minimum Gasteiger partial charge on any atom is -0.478 e. The van der Waals surface area contributed by atoms with Crippen molar-refractivity contribution in [2.75, 3.05) is 13.1 Å². The molecule has 0 spiro atoms. The first kappa shape index (κ1) is 25.4. The van der Waals surface area contributed by atoms with Gasteiger partial charge in [-0.1, -0.05) is 6.07 Å². The van der Waals surface area contributed by atoms with Crippen molar-refractivity contribution in [3.05, 3.63) is 59.2 Å². The zero-order chi connectivity index (χ0) is 23.7. The highest BCUT2D eigenvalue weighted by molar-refractivity contribution is 5.87. The Kier molecular flexibility index (Phi) is 7.71. The van der Waals surface area contributed by atoms with Crippen molar-refractivity contribution in [3.8, 4) is 0 Å². The number of amides is 1. The number of carboxylic acid groups (broad SMARTS) is 1. The van der Waals surface area contributed by atoms with E-state index in [-0.39, 0.29) is 53.6 Å². The molecule has 8 nitrogen and oxygen atoms in total. The molecule has 1 saturated heterocycles. The highest BCUT2D eigenvalue weighted by Gasteiger charge is 2.28. The number of hydrogen-bond donors (Lipinski definition) is 1. The number of likely N-dealkylation sites (tertiary alicyclic amines) is 1. The second-order valence-corrected chi connectivity index (χ2v) is 8.34. The first-order valence-corrected chi connectivity index (χ1v) is 10.7. The van der Waals surface area contributed by atoms with Crippen LogP contribution in [0.3, 0.4) is 0 Å². The van der Waals surface area contributed by atoms with Gasteiger partial charge in [-0.25, -0.2) is 28.3 Å². The van der Waals surface area contributed by atoms with Gasteiger partial charge in [0.1, 0.15) is 17.8 Å². The van der Waals surface area contributed by atoms with Gasteiger partial charge >= 0.3 is 12.1 Å². The number of ether oxygens (including phenoxy) is 1. The Morgan fingerprint density at radius 1 is 1.18 bits per heavy atom. The van der Waals surface area contributed by atoms with E-state index in [2.05, 4.69) is 9.97 Å². The van der Waals surface area contributed by atoms with E-state index in [0.29, 0.717) is 37.3 Å². The molecule has 182 valence electrons. The number of carboxylic acids is 1. The average Bonchev–Trinajstić information content (AvgIpc) is 3.12. The first-order valence-electron chi connectivity index (χ1n) is 10.7. The second kappa shape index (κ2) is 10.3. The lowest BCUT2D eigenvalue weighted by molar-refractivity contribution is 0.0660. The van der Waals surface area contributed by atoms with Crippen molar-refractivity contribution < 1.29 is 28.2 Å². The molecule has 0 bridgehead atoms. The monoisotopic (exact) mass is 494 g/mol. The highest BCUT2D eigenvalue weighted by Crippen LogP contribution is 2.31. The van der Waals surface area contributed by atoms with Gasteiger partial charge in [0, 0.05) is 31.7 Å². The molecule has 2 aromatic heterocycles. The number of halogens is 3. The summed E-state index contributed by atoms with van der Waals surface area (Å²) in [6.07, 6.45) is 3.35. The van der Waals surface area contributed by atoms with Gasteiger partial charge in [-0.3, -0.25) is 0 Å². The maximum Gasteiger partial charge on any atom is 0.410 e. The molecular weight excluding hydrogens is 470 g/mol. The molecule has 11 heteroatoms. The average molecular weight is 495 g/mol. The van der Waals surface area contributed by atoms with Crippen molar-refractivity contribution in [1.29, 1.82) is 0 Å². The minimum absolute atomic E-state index is 0. The summed E-state index contributed by atoms with van der Waals surface area (Å²) in [7, 11) is 0. The summed E-state index contributed by atoms with van der Waals surface area (Å²) < 4.78 is 36.4. The molecule has 1 aliphatic rings. The molecule has 1 aromatic carbocycles. The van der Waals surface area contributed by atoms with E-state index < -0.39 is 17.6 Å². The second-order valence-electron chi connectivity index (χ2n) is 8.34. The molecule has 0 atom stereocenters. The summed E-state index contributed by atoms with van der Waals surface area (Å²) in [5.41, 5.74) is 0.772. The largest absolute Gasteiger partial charge is 0.478 e. The number of fused-ring (bicyclic) bond motifs is 1. The van der Waals surface area contributed by atoms with Gasteiger partial charge in [-0.15, -0.1) is 12.4 Å². The summed E-state index contributed by atoms with van der Waals surface area (Å²) in [5, 5.41) is 9.22. The lowest BCUT2D eigenvalue weighted by Crippen LogP contribution is -2.40. The van der Waals surface area contributed by atoms with E-state index in [1.807, 2.05) is 0 Å². The summed E-state index contributed by atoms with van der Waals surface area (Å²) in [6, 6.07) is 3.55. The maximum atomic E-state index is 15.0. The molecule has 1 amide bonds. The molecule has 4 rings (SSSR count). The predicted octanol–water partition coefficient (Wildman–Crippen LogP) is 4.60. The molecule has 34 heavy (non-hydrogen) atoms. The van der Waals surface area contributed by atoms with Crippen LogP contribution in [0.4, 0.5) is 13.6 Å². The number of aromatic nitrogens is 3. The smallest absolute Gasteiger partial charge is 0.410 e. The molecular formula is C23H25ClF2N4O4. The van der Waals surface area contributed by atoms with Gasteiger partial charge in [-0.2, -0.15) is 0 Å². The molecule has 3 heterocycles. The number of piperidine rings is 1. The van der Waals surface area contributed by atoms with Crippen LogP contribution in [0.15, 0.2) is 30.7 Å². The van der Waals surface area contributed by atoms with Crippen LogP contribution in [0.5, 0.6) is 0 Å². The Morgan fingerprint density at radius 3 is 2.50 bits per heavy atom. The van der Waals surface area contributed by atoms with E-state index in [0.717, 1.165) is 6.07 Å².